The number of nitrogens with one attached hydrogen (secondary N) is 4. The van der Waals surface area contributed by atoms with Crippen molar-refractivity contribution < 1.29 is 38.1 Å². The number of aromatic nitrogens is 4. The van der Waals surface area contributed by atoms with Crippen molar-refractivity contribution in [2.75, 3.05) is 34.0 Å². The second-order valence-corrected chi connectivity index (χ2v) is 19.4. The van der Waals surface area contributed by atoms with Crippen LogP contribution in [0.15, 0.2) is 48.7 Å². The largest absolute Gasteiger partial charge is 0.488 e. The molecule has 0 radical (unpaired) electrons. The normalized spacial score (nSPS) is 24.3. The Hall–Kier alpha value is -6.00. The van der Waals surface area contributed by atoms with Gasteiger partial charge in [0.15, 0.2) is 0 Å². The fourth-order valence-electron chi connectivity index (χ4n) is 11.6. The lowest BCUT2D eigenvalue weighted by molar-refractivity contribution is -0.139. The summed E-state index contributed by atoms with van der Waals surface area (Å²) < 4.78 is 22.0. The summed E-state index contributed by atoms with van der Waals surface area (Å²) in [6.45, 7) is 7.84. The summed E-state index contributed by atoms with van der Waals surface area (Å²) in [4.78, 5) is 73.8. The van der Waals surface area contributed by atoms with E-state index in [1.165, 1.54) is 14.2 Å². The third kappa shape index (κ3) is 7.74. The summed E-state index contributed by atoms with van der Waals surface area (Å²) >= 11 is 0. The molecule has 2 aromatic heterocycles. The van der Waals surface area contributed by atoms with E-state index < -0.39 is 23.8 Å². The number of rotatable bonds is 11. The van der Waals surface area contributed by atoms with E-state index in [9.17, 15) is 19.2 Å². The molecule has 5 aromatic rings. The van der Waals surface area contributed by atoms with Crippen molar-refractivity contribution in [3.8, 4) is 28.1 Å². The maximum Gasteiger partial charge on any atom is 0.407 e. The van der Waals surface area contributed by atoms with Crippen LogP contribution in [0.2, 0.25) is 0 Å². The Kier molecular flexibility index (Phi) is 11.7. The number of carbonyl (C=O) groups is 4. The van der Waals surface area contributed by atoms with Crippen LogP contribution in [0.1, 0.15) is 101 Å². The first-order chi connectivity index (χ1) is 32.0. The number of likely N-dealkylation sites (tertiary alicyclic amines) is 2. The Labute approximate surface area is 383 Å². The molecule has 0 bridgehead atoms. The molecule has 1 saturated carbocycles. The second-order valence-electron chi connectivity index (χ2n) is 19.4. The van der Waals surface area contributed by atoms with Crippen LogP contribution in [-0.2, 0) is 30.4 Å². The Morgan fingerprint density at radius 3 is 2.53 bits per heavy atom. The maximum absolute atomic E-state index is 14.7. The summed E-state index contributed by atoms with van der Waals surface area (Å²) in [6, 6.07) is 14.1. The molecule has 348 valence electrons. The van der Waals surface area contributed by atoms with Crippen LogP contribution < -0.4 is 15.4 Å². The number of methoxy groups -OCH3 is 2. The van der Waals surface area contributed by atoms with Gasteiger partial charge >= 0.3 is 12.2 Å². The number of imidazole rings is 2. The number of H-pyrrole nitrogens is 2. The number of hydrogen-bond acceptors (Lipinski definition) is 11. The molecule has 5 aliphatic rings. The van der Waals surface area contributed by atoms with E-state index in [1.54, 1.807) is 0 Å². The second kappa shape index (κ2) is 17.7. The van der Waals surface area contributed by atoms with E-state index in [-0.39, 0.29) is 41.9 Å². The van der Waals surface area contributed by atoms with E-state index >= 15 is 0 Å². The molecule has 0 spiro atoms. The molecule has 7 atom stereocenters. The van der Waals surface area contributed by atoms with E-state index in [2.05, 4.69) is 68.8 Å². The Bertz CT molecular complexity index is 2670. The molecular weight excluding hydrogens is 841 g/mol. The van der Waals surface area contributed by atoms with E-state index in [0.717, 1.165) is 112 Å². The lowest BCUT2D eigenvalue weighted by atomic mass is 9.86. The minimum Gasteiger partial charge on any atom is -0.488 e. The maximum atomic E-state index is 14.7. The van der Waals surface area contributed by atoms with Gasteiger partial charge in [0.25, 0.3) is 0 Å². The fourth-order valence-corrected chi connectivity index (χ4v) is 11.6. The summed E-state index contributed by atoms with van der Waals surface area (Å²) in [6.07, 6.45) is 8.54. The zero-order chi connectivity index (χ0) is 45.9. The first-order valence-corrected chi connectivity index (χ1v) is 23.6. The smallest absolute Gasteiger partial charge is 0.407 e. The molecule has 16 heteroatoms. The van der Waals surface area contributed by atoms with E-state index in [1.807, 2.05) is 31.0 Å². The number of aromatic amines is 2. The number of benzene rings is 3. The molecule has 0 unspecified atom stereocenters. The first-order valence-electron chi connectivity index (χ1n) is 23.6. The number of nitrogens with zero attached hydrogens (tertiary/aromatic N) is 4. The van der Waals surface area contributed by atoms with Crippen molar-refractivity contribution in [3.63, 3.8) is 0 Å². The molecule has 3 saturated heterocycles. The van der Waals surface area contributed by atoms with Crippen molar-refractivity contribution in [3.05, 3.63) is 65.9 Å². The van der Waals surface area contributed by atoms with Crippen LogP contribution in [0.25, 0.3) is 44.2 Å². The first kappa shape index (κ1) is 43.9. The minimum atomic E-state index is -1.12. The number of alkyl carbamates (subject to hydrolysis) is 2. The molecule has 10 rings (SSSR count). The van der Waals surface area contributed by atoms with Gasteiger partial charge in [0.05, 0.1) is 49.2 Å². The SMILES string of the molecule is COC(=O)N[C@H](C(=O)N1[C@H](c2nc3ccc4cc5c(cc4c3[nH]2)OCc2cc(-c3cnc([C@@H]4CC[C@H](C)N4C[C@](C=O)(NC(=O)OC)C(C)C)[nH]3)ccc2-5)C[C@@H]2CCC[C@@H]21)C1CCOCC1. The van der Waals surface area contributed by atoms with Gasteiger partial charge in [0, 0.05) is 42.8 Å². The van der Waals surface area contributed by atoms with Crippen molar-refractivity contribution >= 4 is 46.2 Å². The van der Waals surface area contributed by atoms with Gasteiger partial charge in [-0.25, -0.2) is 19.6 Å². The summed E-state index contributed by atoms with van der Waals surface area (Å²) in [5.74, 6) is 2.47. The molecule has 4 N–H and O–H groups in total. The van der Waals surface area contributed by atoms with Crippen LogP contribution in [0.5, 0.6) is 5.75 Å². The molecule has 4 fully saturated rings. The van der Waals surface area contributed by atoms with Gasteiger partial charge in [0.2, 0.25) is 5.91 Å². The van der Waals surface area contributed by atoms with Gasteiger partial charge in [-0.05, 0) is 116 Å². The predicted octanol–water partition coefficient (Wildman–Crippen LogP) is 7.73. The Morgan fingerprint density at radius 2 is 1.76 bits per heavy atom. The van der Waals surface area contributed by atoms with Crippen LogP contribution in [0, 0.1) is 17.8 Å². The zero-order valence-corrected chi connectivity index (χ0v) is 38.4. The molecule has 4 aliphatic heterocycles. The van der Waals surface area contributed by atoms with Gasteiger partial charge in [-0.2, -0.15) is 0 Å². The number of amides is 3. The molecule has 1 aliphatic carbocycles. The van der Waals surface area contributed by atoms with Gasteiger partial charge in [-0.3, -0.25) is 9.69 Å². The number of ether oxygens (including phenoxy) is 4. The molecule has 3 aromatic carbocycles. The average molecular weight is 901 g/mol. The highest BCUT2D eigenvalue weighted by Crippen LogP contribution is 2.49. The van der Waals surface area contributed by atoms with Gasteiger partial charge in [0.1, 0.15) is 41.9 Å². The van der Waals surface area contributed by atoms with Gasteiger partial charge < -0.3 is 49.2 Å². The lowest BCUT2D eigenvalue weighted by Gasteiger charge is -2.39. The third-order valence-corrected chi connectivity index (χ3v) is 15.5. The Morgan fingerprint density at radius 1 is 0.939 bits per heavy atom. The Balaban J connectivity index is 0.911. The standard InChI is InChI=1S/C50H60N8O8/c1-27(2)50(26-59,56-49(62)64-5)25-57-28(3)9-14-40(57)45-51-23-38(53-45)31-10-12-34-33(19-31)24-66-42-22-35-30(20-36(34)42)11-13-37-44(35)54-46(52-37)41-21-32-7-6-8-39(32)58(41)47(60)43(55-48(61)63-4)29-15-17-65-18-16-29/h10-13,19-20,22-23,26-29,32,39-41,43H,6-9,14-18,21,24-25H2,1-5H3,(H,51,53)(H,52,54)(H,55,61)(H,56,62)/t28-,32-,39-,40-,41-,43-,50+/m0/s1. The summed E-state index contributed by atoms with van der Waals surface area (Å²) in [5.41, 5.74) is 5.67. The number of carbonyl (C=O) groups excluding carboxylic acids is 4. The minimum absolute atomic E-state index is 0.0446. The highest BCUT2D eigenvalue weighted by molar-refractivity contribution is 6.07. The number of aldehydes is 1. The zero-order valence-electron chi connectivity index (χ0n) is 38.4. The monoisotopic (exact) mass is 900 g/mol. The van der Waals surface area contributed by atoms with E-state index in [0.29, 0.717) is 45.1 Å². The number of fused-ring (bicyclic) bond motifs is 7. The highest BCUT2D eigenvalue weighted by Gasteiger charge is 2.50. The lowest BCUT2D eigenvalue weighted by Crippen LogP contribution is -2.60. The van der Waals surface area contributed by atoms with E-state index in [4.69, 9.17) is 28.9 Å². The van der Waals surface area contributed by atoms with Crippen molar-refractivity contribution in [1.29, 1.82) is 0 Å². The molecule has 6 heterocycles. The highest BCUT2D eigenvalue weighted by atomic mass is 16.5. The topological polar surface area (TPSA) is 193 Å². The third-order valence-electron chi connectivity index (χ3n) is 15.5. The molecule has 16 nitrogen and oxygen atoms in total. The summed E-state index contributed by atoms with van der Waals surface area (Å²) in [5, 5.41) is 7.78. The average Bonchev–Trinajstić information content (AvgIpc) is 4.19. The van der Waals surface area contributed by atoms with Crippen molar-refractivity contribution in [2.24, 2.45) is 17.8 Å². The molecule has 66 heavy (non-hydrogen) atoms. The molecular formula is C50H60N8O8. The van der Waals surface area contributed by atoms with Gasteiger partial charge in [-0.1, -0.05) is 38.5 Å². The fraction of sp³-hybridized carbons (Fsp3) is 0.520. The predicted molar refractivity (Wildman–Crippen MR) is 246 cm³/mol. The van der Waals surface area contributed by atoms with Gasteiger partial charge in [-0.15, -0.1) is 0 Å². The van der Waals surface area contributed by atoms with Crippen LogP contribution >= 0.6 is 0 Å². The van der Waals surface area contributed by atoms with Crippen molar-refractivity contribution in [1.82, 2.24) is 40.4 Å². The quantitative estimate of drug-likeness (QED) is 0.0949. The van der Waals surface area contributed by atoms with Crippen LogP contribution in [-0.4, -0.2) is 112 Å². The molecule has 3 amide bonds. The summed E-state index contributed by atoms with van der Waals surface area (Å²) in [7, 11) is 2.63. The van der Waals surface area contributed by atoms with Crippen LogP contribution in [0.4, 0.5) is 9.59 Å². The number of hydrogen-bond donors (Lipinski definition) is 4. The van der Waals surface area contributed by atoms with Crippen molar-refractivity contribution in [2.45, 2.75) is 114 Å². The van der Waals surface area contributed by atoms with Crippen LogP contribution in [0.3, 0.4) is 0 Å².